The lowest BCUT2D eigenvalue weighted by atomic mass is 10.1. The van der Waals surface area contributed by atoms with Crippen molar-refractivity contribution in [2.45, 2.75) is 13.0 Å². The van der Waals surface area contributed by atoms with E-state index < -0.39 is 11.9 Å². The van der Waals surface area contributed by atoms with Crippen molar-refractivity contribution in [2.24, 2.45) is 0 Å². The zero-order chi connectivity index (χ0) is 22.5. The molecule has 0 aliphatic carbocycles. The van der Waals surface area contributed by atoms with Crippen molar-refractivity contribution >= 4 is 11.9 Å². The largest absolute Gasteiger partial charge is 0.493 e. The number of carboxylic acid groups (broad SMARTS) is 2. The summed E-state index contributed by atoms with van der Waals surface area (Å²) in [5.74, 6) is -2.69. The van der Waals surface area contributed by atoms with E-state index in [1.807, 2.05) is 12.1 Å². The fraction of sp³-hybridized carbons (Fsp3) is 0.200. The summed E-state index contributed by atoms with van der Waals surface area (Å²) in [5.41, 5.74) is 3.69. The lowest BCUT2D eigenvalue weighted by Crippen LogP contribution is -2.20. The van der Waals surface area contributed by atoms with Crippen molar-refractivity contribution in [1.29, 1.82) is 0 Å². The van der Waals surface area contributed by atoms with E-state index in [2.05, 4.69) is 84.7 Å². The summed E-state index contributed by atoms with van der Waals surface area (Å²) in [7, 11) is 2.16. The zero-order valence-electron chi connectivity index (χ0n) is 17.5. The molecule has 2 N–H and O–H groups in total. The van der Waals surface area contributed by atoms with Crippen LogP contribution in [0, 0.1) is 0 Å². The molecule has 0 heterocycles. The first-order valence-electron chi connectivity index (χ1n) is 9.93. The number of benzene rings is 3. The van der Waals surface area contributed by atoms with E-state index in [0.717, 1.165) is 37.4 Å². The molecule has 0 aliphatic heterocycles. The number of ether oxygens (including phenoxy) is 1. The molecule has 0 fully saturated rings. The predicted molar refractivity (Wildman–Crippen MR) is 120 cm³/mol. The normalized spacial score (nSPS) is 10.1. The summed E-state index contributed by atoms with van der Waals surface area (Å²) in [5, 5.41) is 14.8. The highest BCUT2D eigenvalue weighted by molar-refractivity contribution is 6.27. The van der Waals surface area contributed by atoms with Crippen molar-refractivity contribution in [3.8, 4) is 16.9 Å². The maximum atomic E-state index is 9.10. The Labute approximate surface area is 182 Å². The van der Waals surface area contributed by atoms with Crippen LogP contribution in [0.15, 0.2) is 84.9 Å². The molecule has 0 unspecified atom stereocenters. The molecule has 0 aromatic heterocycles. The molecule has 0 atom stereocenters. The van der Waals surface area contributed by atoms with Crippen LogP contribution in [0.25, 0.3) is 11.1 Å². The Hall–Kier alpha value is -3.64. The Kier molecular flexibility index (Phi) is 9.78. The zero-order valence-corrected chi connectivity index (χ0v) is 17.5. The Morgan fingerprint density at radius 2 is 1.35 bits per heavy atom. The highest BCUT2D eigenvalue weighted by Crippen LogP contribution is 2.29. The van der Waals surface area contributed by atoms with E-state index in [9.17, 15) is 0 Å². The van der Waals surface area contributed by atoms with E-state index in [1.165, 1.54) is 11.1 Å². The first-order chi connectivity index (χ1) is 15.0. The van der Waals surface area contributed by atoms with Crippen molar-refractivity contribution in [2.75, 3.05) is 20.2 Å². The van der Waals surface area contributed by atoms with Crippen LogP contribution in [-0.2, 0) is 16.1 Å². The molecule has 0 saturated heterocycles. The third kappa shape index (κ3) is 8.72. The van der Waals surface area contributed by atoms with Crippen LogP contribution < -0.4 is 4.74 Å². The van der Waals surface area contributed by atoms with Crippen molar-refractivity contribution in [1.82, 2.24) is 4.90 Å². The smallest absolute Gasteiger partial charge is 0.414 e. The maximum Gasteiger partial charge on any atom is 0.414 e. The van der Waals surface area contributed by atoms with Gasteiger partial charge in [0.25, 0.3) is 0 Å². The third-order valence-electron chi connectivity index (χ3n) is 4.39. The molecular weight excluding hydrogens is 394 g/mol. The molecule has 6 heteroatoms. The van der Waals surface area contributed by atoms with Crippen molar-refractivity contribution < 1.29 is 24.5 Å². The Morgan fingerprint density at radius 1 is 0.806 bits per heavy atom. The van der Waals surface area contributed by atoms with Gasteiger partial charge in [0.05, 0.1) is 6.61 Å². The van der Waals surface area contributed by atoms with Gasteiger partial charge in [-0.05, 0) is 30.7 Å². The summed E-state index contributed by atoms with van der Waals surface area (Å²) in [6, 6.07) is 29.2. The van der Waals surface area contributed by atoms with Crippen LogP contribution in [0.3, 0.4) is 0 Å². The van der Waals surface area contributed by atoms with Gasteiger partial charge < -0.3 is 19.8 Å². The van der Waals surface area contributed by atoms with Crippen LogP contribution in [0.4, 0.5) is 0 Å². The van der Waals surface area contributed by atoms with E-state index >= 15 is 0 Å². The number of rotatable bonds is 8. The fourth-order valence-corrected chi connectivity index (χ4v) is 2.94. The average molecular weight is 421 g/mol. The van der Waals surface area contributed by atoms with Gasteiger partial charge in [0.1, 0.15) is 5.75 Å². The lowest BCUT2D eigenvalue weighted by molar-refractivity contribution is -0.159. The summed E-state index contributed by atoms with van der Waals surface area (Å²) in [4.78, 5) is 20.5. The molecule has 0 spiro atoms. The van der Waals surface area contributed by atoms with E-state index in [1.54, 1.807) is 0 Å². The molecule has 162 valence electrons. The molecule has 0 bridgehead atoms. The Balaban J connectivity index is 0.000000501. The molecule has 3 aromatic rings. The molecule has 31 heavy (non-hydrogen) atoms. The summed E-state index contributed by atoms with van der Waals surface area (Å²) in [6.07, 6.45) is 1.01. The highest BCUT2D eigenvalue weighted by atomic mass is 16.5. The molecule has 3 aromatic carbocycles. The minimum Gasteiger partial charge on any atom is -0.493 e. The minimum absolute atomic E-state index is 0.725. The van der Waals surface area contributed by atoms with Gasteiger partial charge in [0.15, 0.2) is 0 Å². The van der Waals surface area contributed by atoms with Gasteiger partial charge >= 0.3 is 11.9 Å². The second kappa shape index (κ2) is 12.8. The second-order valence-corrected chi connectivity index (χ2v) is 6.90. The summed E-state index contributed by atoms with van der Waals surface area (Å²) >= 11 is 0. The highest BCUT2D eigenvalue weighted by Gasteiger charge is 2.06. The summed E-state index contributed by atoms with van der Waals surface area (Å²) < 4.78 is 6.07. The number of hydrogen-bond donors (Lipinski definition) is 2. The van der Waals surface area contributed by atoms with Crippen LogP contribution in [0.2, 0.25) is 0 Å². The fourth-order valence-electron chi connectivity index (χ4n) is 2.94. The summed E-state index contributed by atoms with van der Waals surface area (Å²) in [6.45, 7) is 2.72. The SMILES string of the molecule is CN(CCCOc1ccccc1-c1ccccc1)Cc1ccccc1.O=C(O)C(=O)O. The first-order valence-corrected chi connectivity index (χ1v) is 9.93. The number of carbonyl (C=O) groups is 2. The van der Waals surface area contributed by atoms with Crippen molar-refractivity contribution in [3.05, 3.63) is 90.5 Å². The topological polar surface area (TPSA) is 87.1 Å². The molecule has 0 radical (unpaired) electrons. The van der Waals surface area contributed by atoms with Crippen LogP contribution in [-0.4, -0.2) is 47.3 Å². The third-order valence-corrected chi connectivity index (χ3v) is 4.39. The second-order valence-electron chi connectivity index (χ2n) is 6.90. The molecule has 0 amide bonds. The molecule has 0 saturated carbocycles. The quantitative estimate of drug-likeness (QED) is 0.414. The number of nitrogens with zero attached hydrogens (tertiary/aromatic N) is 1. The standard InChI is InChI=1S/C23H25NO.C2H2O4/c1-24(19-20-11-4-2-5-12-20)17-10-18-25-23-16-9-8-15-22(23)21-13-6-3-7-14-21;3-1(4)2(5)6/h2-9,11-16H,10,17-19H2,1H3;(H,3,4)(H,5,6). The maximum absolute atomic E-state index is 9.10. The van der Waals surface area contributed by atoms with Crippen LogP contribution in [0.1, 0.15) is 12.0 Å². The van der Waals surface area contributed by atoms with Gasteiger partial charge in [-0.25, -0.2) is 9.59 Å². The first kappa shape index (κ1) is 23.6. The number of para-hydroxylation sites is 1. The Morgan fingerprint density at radius 3 is 1.97 bits per heavy atom. The molecule has 6 nitrogen and oxygen atoms in total. The van der Waals surface area contributed by atoms with E-state index in [0.29, 0.717) is 0 Å². The monoisotopic (exact) mass is 421 g/mol. The van der Waals surface area contributed by atoms with Gasteiger partial charge in [-0.2, -0.15) is 0 Å². The lowest BCUT2D eigenvalue weighted by Gasteiger charge is -2.17. The van der Waals surface area contributed by atoms with E-state index in [-0.39, 0.29) is 0 Å². The number of hydrogen-bond acceptors (Lipinski definition) is 4. The van der Waals surface area contributed by atoms with Gasteiger partial charge in [-0.3, -0.25) is 0 Å². The van der Waals surface area contributed by atoms with E-state index in [4.69, 9.17) is 24.5 Å². The van der Waals surface area contributed by atoms with Gasteiger partial charge in [-0.15, -0.1) is 0 Å². The molecular formula is C25H27NO5. The van der Waals surface area contributed by atoms with Crippen LogP contribution >= 0.6 is 0 Å². The van der Waals surface area contributed by atoms with Gasteiger partial charge in [0, 0.05) is 18.7 Å². The van der Waals surface area contributed by atoms with Crippen LogP contribution in [0.5, 0.6) is 5.75 Å². The molecule has 0 aliphatic rings. The molecule has 3 rings (SSSR count). The minimum atomic E-state index is -1.82. The average Bonchev–Trinajstić information content (AvgIpc) is 2.78. The predicted octanol–water partition coefficient (Wildman–Crippen LogP) is 4.41. The number of carboxylic acids is 2. The van der Waals surface area contributed by atoms with Gasteiger partial charge in [-0.1, -0.05) is 78.9 Å². The van der Waals surface area contributed by atoms with Gasteiger partial charge in [0.2, 0.25) is 0 Å². The van der Waals surface area contributed by atoms with Crippen molar-refractivity contribution in [3.63, 3.8) is 0 Å². The Bertz CT molecular complexity index is 932. The number of aliphatic carboxylic acids is 2.